The predicted octanol–water partition coefficient (Wildman–Crippen LogP) is 1.75. The molecule has 2 saturated heterocycles. The number of carbonyl (C=O) groups excluding carboxylic acids is 2. The molecule has 2 fully saturated rings. The number of hydrogen-bond acceptors (Lipinski definition) is 6. The first-order chi connectivity index (χ1) is 12.1. The van der Waals surface area contributed by atoms with E-state index in [1.165, 1.54) is 7.11 Å². The highest BCUT2D eigenvalue weighted by molar-refractivity contribution is 5.79. The minimum absolute atomic E-state index is 0.281. The lowest BCUT2D eigenvalue weighted by molar-refractivity contribution is -0.183. The minimum atomic E-state index is -0.963. The van der Waals surface area contributed by atoms with Crippen molar-refractivity contribution < 1.29 is 28.5 Å². The standard InChI is InChI=1S/C18H23NO6/c1-22-16(20)15(13-14-5-3-2-4-6-14)25-17(21)19-9-7-18(8-10-19)23-11-12-24-18/h2-6,15H,7-13H2,1H3/t15-/m0/s1. The Hall–Kier alpha value is -2.12. The molecule has 7 nitrogen and oxygen atoms in total. The van der Waals surface area contributed by atoms with Crippen LogP contribution in [-0.4, -0.2) is 62.3 Å². The fourth-order valence-corrected chi connectivity index (χ4v) is 3.14. The molecule has 1 atom stereocenters. The molecule has 0 saturated carbocycles. The van der Waals surface area contributed by atoms with Gasteiger partial charge in [0.2, 0.25) is 6.10 Å². The lowest BCUT2D eigenvalue weighted by atomic mass is 10.0. The molecule has 1 aromatic carbocycles. The smallest absolute Gasteiger partial charge is 0.410 e. The highest BCUT2D eigenvalue weighted by Gasteiger charge is 2.41. The van der Waals surface area contributed by atoms with Crippen molar-refractivity contribution in [3.63, 3.8) is 0 Å². The SMILES string of the molecule is COC(=O)[C@H](Cc1ccccc1)OC(=O)N1CCC2(CC1)OCCO2. The molecule has 0 aromatic heterocycles. The highest BCUT2D eigenvalue weighted by Crippen LogP contribution is 2.31. The van der Waals surface area contributed by atoms with Crippen LogP contribution in [0.2, 0.25) is 0 Å². The number of esters is 1. The number of carbonyl (C=O) groups is 2. The van der Waals surface area contributed by atoms with Crippen molar-refractivity contribution in [3.05, 3.63) is 35.9 Å². The summed E-state index contributed by atoms with van der Waals surface area (Å²) >= 11 is 0. The Labute approximate surface area is 146 Å². The Morgan fingerprint density at radius 2 is 1.80 bits per heavy atom. The summed E-state index contributed by atoms with van der Waals surface area (Å²) in [5.74, 6) is -1.11. The maximum Gasteiger partial charge on any atom is 0.410 e. The van der Waals surface area contributed by atoms with Crippen LogP contribution in [0.15, 0.2) is 30.3 Å². The van der Waals surface area contributed by atoms with E-state index >= 15 is 0 Å². The average Bonchev–Trinajstić information content (AvgIpc) is 3.10. The fraction of sp³-hybridized carbons (Fsp3) is 0.556. The van der Waals surface area contributed by atoms with Gasteiger partial charge in [-0.3, -0.25) is 0 Å². The summed E-state index contributed by atoms with van der Waals surface area (Å²) in [6, 6.07) is 9.39. The van der Waals surface area contributed by atoms with E-state index in [4.69, 9.17) is 18.9 Å². The van der Waals surface area contributed by atoms with Crippen LogP contribution >= 0.6 is 0 Å². The van der Waals surface area contributed by atoms with E-state index < -0.39 is 24.0 Å². The van der Waals surface area contributed by atoms with Crippen LogP contribution in [0.3, 0.4) is 0 Å². The number of hydrogen-bond donors (Lipinski definition) is 0. The van der Waals surface area contributed by atoms with Crippen molar-refractivity contribution in [3.8, 4) is 0 Å². The van der Waals surface area contributed by atoms with E-state index in [9.17, 15) is 9.59 Å². The Morgan fingerprint density at radius 1 is 1.16 bits per heavy atom. The Bertz CT molecular complexity index is 589. The second kappa shape index (κ2) is 7.84. The number of benzene rings is 1. The third-order valence-electron chi connectivity index (χ3n) is 4.57. The van der Waals surface area contributed by atoms with Crippen LogP contribution in [0.4, 0.5) is 4.79 Å². The zero-order chi connectivity index (χ0) is 17.7. The summed E-state index contributed by atoms with van der Waals surface area (Å²) in [6.45, 7) is 2.12. The molecule has 2 aliphatic heterocycles. The number of nitrogens with zero attached hydrogens (tertiary/aromatic N) is 1. The molecule has 0 bridgehead atoms. The summed E-state index contributed by atoms with van der Waals surface area (Å²) in [7, 11) is 1.29. The number of rotatable bonds is 4. The number of ether oxygens (including phenoxy) is 4. The summed E-state index contributed by atoms with van der Waals surface area (Å²) in [5.41, 5.74) is 0.899. The zero-order valence-corrected chi connectivity index (χ0v) is 14.3. The van der Waals surface area contributed by atoms with E-state index in [0.29, 0.717) is 39.1 Å². The van der Waals surface area contributed by atoms with Gasteiger partial charge < -0.3 is 23.8 Å². The van der Waals surface area contributed by atoms with E-state index in [2.05, 4.69) is 0 Å². The molecule has 2 aliphatic rings. The normalized spacial score (nSPS) is 20.3. The monoisotopic (exact) mass is 349 g/mol. The third-order valence-corrected chi connectivity index (χ3v) is 4.57. The highest BCUT2D eigenvalue weighted by atomic mass is 16.7. The number of methoxy groups -OCH3 is 1. The van der Waals surface area contributed by atoms with Crippen molar-refractivity contribution in [1.82, 2.24) is 4.90 Å². The molecule has 1 aromatic rings. The van der Waals surface area contributed by atoms with Gasteiger partial charge in [-0.1, -0.05) is 30.3 Å². The number of likely N-dealkylation sites (tertiary alicyclic amines) is 1. The average molecular weight is 349 g/mol. The Kier molecular flexibility index (Phi) is 5.55. The molecule has 7 heteroatoms. The van der Waals surface area contributed by atoms with Gasteiger partial charge in [0.05, 0.1) is 20.3 Å². The summed E-state index contributed by atoms with van der Waals surface area (Å²) in [6.07, 6.45) is 0.00492. The van der Waals surface area contributed by atoms with Crippen LogP contribution in [0.1, 0.15) is 18.4 Å². The van der Waals surface area contributed by atoms with Gasteiger partial charge in [0.15, 0.2) is 5.79 Å². The predicted molar refractivity (Wildman–Crippen MR) is 87.9 cm³/mol. The van der Waals surface area contributed by atoms with E-state index in [0.717, 1.165) is 5.56 Å². The second-order valence-corrected chi connectivity index (χ2v) is 6.18. The minimum Gasteiger partial charge on any atom is -0.466 e. The summed E-state index contributed by atoms with van der Waals surface area (Å²) in [5, 5.41) is 0. The van der Waals surface area contributed by atoms with Crippen molar-refractivity contribution in [2.24, 2.45) is 0 Å². The molecular weight excluding hydrogens is 326 g/mol. The first-order valence-corrected chi connectivity index (χ1v) is 8.47. The summed E-state index contributed by atoms with van der Waals surface area (Å²) in [4.78, 5) is 26.0. The van der Waals surface area contributed by atoms with Gasteiger partial charge in [-0.05, 0) is 5.56 Å². The molecule has 1 amide bonds. The Morgan fingerprint density at radius 3 is 2.40 bits per heavy atom. The number of piperidine rings is 1. The molecular formula is C18H23NO6. The van der Waals surface area contributed by atoms with Crippen molar-refractivity contribution in [1.29, 1.82) is 0 Å². The third kappa shape index (κ3) is 4.29. The maximum absolute atomic E-state index is 12.4. The molecule has 0 N–H and O–H groups in total. The topological polar surface area (TPSA) is 74.3 Å². The van der Waals surface area contributed by atoms with Gasteiger partial charge in [-0.2, -0.15) is 0 Å². The number of amides is 1. The molecule has 25 heavy (non-hydrogen) atoms. The molecule has 0 aliphatic carbocycles. The van der Waals surface area contributed by atoms with Gasteiger partial charge in [0.25, 0.3) is 0 Å². The van der Waals surface area contributed by atoms with Gasteiger partial charge in [0, 0.05) is 32.4 Å². The van der Waals surface area contributed by atoms with Crippen LogP contribution in [0.25, 0.3) is 0 Å². The van der Waals surface area contributed by atoms with Crippen molar-refractivity contribution in [2.75, 3.05) is 33.4 Å². The van der Waals surface area contributed by atoms with Gasteiger partial charge >= 0.3 is 12.1 Å². The molecule has 1 spiro atoms. The van der Waals surface area contributed by atoms with E-state index in [1.807, 2.05) is 30.3 Å². The largest absolute Gasteiger partial charge is 0.466 e. The van der Waals surface area contributed by atoms with Crippen LogP contribution in [0.5, 0.6) is 0 Å². The quantitative estimate of drug-likeness (QED) is 0.771. The second-order valence-electron chi connectivity index (χ2n) is 6.18. The van der Waals surface area contributed by atoms with Crippen LogP contribution in [0, 0.1) is 0 Å². The lowest BCUT2D eigenvalue weighted by Gasteiger charge is -2.37. The first kappa shape index (κ1) is 17.7. The van der Waals surface area contributed by atoms with Gasteiger partial charge in [-0.25, -0.2) is 9.59 Å². The fourth-order valence-electron chi connectivity index (χ4n) is 3.14. The van der Waals surface area contributed by atoms with E-state index in [1.54, 1.807) is 4.90 Å². The van der Waals surface area contributed by atoms with Gasteiger partial charge in [-0.15, -0.1) is 0 Å². The van der Waals surface area contributed by atoms with Crippen molar-refractivity contribution in [2.45, 2.75) is 31.2 Å². The van der Waals surface area contributed by atoms with Crippen molar-refractivity contribution >= 4 is 12.1 Å². The molecule has 2 heterocycles. The van der Waals surface area contributed by atoms with E-state index in [-0.39, 0.29) is 6.42 Å². The summed E-state index contributed by atoms with van der Waals surface area (Å²) < 4.78 is 21.5. The maximum atomic E-state index is 12.4. The zero-order valence-electron chi connectivity index (χ0n) is 14.3. The van der Waals surface area contributed by atoms with Crippen LogP contribution < -0.4 is 0 Å². The molecule has 3 rings (SSSR count). The molecule has 0 unspecified atom stereocenters. The Balaban J connectivity index is 1.57. The van der Waals surface area contributed by atoms with Crippen LogP contribution in [-0.2, 0) is 30.2 Å². The lowest BCUT2D eigenvalue weighted by Crippen LogP contribution is -2.48. The molecule has 0 radical (unpaired) electrons. The molecule has 136 valence electrons. The first-order valence-electron chi connectivity index (χ1n) is 8.47. The van der Waals surface area contributed by atoms with Gasteiger partial charge in [0.1, 0.15) is 0 Å².